The normalized spacial score (nSPS) is 15.7. The van der Waals surface area contributed by atoms with Gasteiger partial charge in [-0.2, -0.15) is 5.10 Å². The summed E-state index contributed by atoms with van der Waals surface area (Å²) in [5.41, 5.74) is 2.85. The smallest absolute Gasteiger partial charge is 0.224 e. The molecule has 1 atom stereocenters. The highest BCUT2D eigenvalue weighted by Crippen LogP contribution is 2.28. The minimum atomic E-state index is -0.0112. The van der Waals surface area contributed by atoms with Gasteiger partial charge in [0.1, 0.15) is 0 Å². The summed E-state index contributed by atoms with van der Waals surface area (Å²) >= 11 is 5.96. The Morgan fingerprint density at radius 2 is 1.94 bits per heavy atom. The van der Waals surface area contributed by atoms with Gasteiger partial charge < -0.3 is 19.7 Å². The van der Waals surface area contributed by atoms with Crippen LogP contribution in [-0.4, -0.2) is 49.5 Å². The molecule has 2 aromatic carbocycles. The van der Waals surface area contributed by atoms with Crippen LogP contribution in [0.3, 0.4) is 0 Å². The third-order valence-electron chi connectivity index (χ3n) is 5.41. The summed E-state index contributed by atoms with van der Waals surface area (Å²) in [5.74, 6) is 2.13. The van der Waals surface area contributed by atoms with Crippen LogP contribution in [0.2, 0.25) is 5.02 Å². The molecule has 0 spiro atoms. The third kappa shape index (κ3) is 4.94. The fraction of sp³-hybridized carbons (Fsp3) is 0.304. The summed E-state index contributed by atoms with van der Waals surface area (Å²) in [6.45, 7) is 1.56. The topological polar surface area (TPSA) is 79.5 Å². The van der Waals surface area contributed by atoms with Crippen LogP contribution in [0.1, 0.15) is 12.0 Å². The van der Waals surface area contributed by atoms with E-state index in [2.05, 4.69) is 20.4 Å². The van der Waals surface area contributed by atoms with Crippen LogP contribution >= 0.6 is 11.6 Å². The molecule has 4 rings (SSSR count). The zero-order valence-corrected chi connectivity index (χ0v) is 18.3. The molecule has 162 valence electrons. The first kappa shape index (κ1) is 21.1. The van der Waals surface area contributed by atoms with Crippen LogP contribution in [0.5, 0.6) is 11.5 Å². The van der Waals surface area contributed by atoms with Gasteiger partial charge in [-0.05, 0) is 41.8 Å². The fourth-order valence-corrected chi connectivity index (χ4v) is 3.92. The maximum Gasteiger partial charge on any atom is 0.224 e. The quantitative estimate of drug-likeness (QED) is 0.585. The second-order valence-corrected chi connectivity index (χ2v) is 7.95. The number of benzene rings is 2. The summed E-state index contributed by atoms with van der Waals surface area (Å²) in [7, 11) is 3.18. The van der Waals surface area contributed by atoms with E-state index in [1.54, 1.807) is 14.2 Å². The molecule has 2 heterocycles. The van der Waals surface area contributed by atoms with Crippen molar-refractivity contribution in [1.29, 1.82) is 0 Å². The van der Waals surface area contributed by atoms with Crippen molar-refractivity contribution in [2.24, 2.45) is 0 Å². The molecule has 1 fully saturated rings. The van der Waals surface area contributed by atoms with Gasteiger partial charge in [0.05, 0.1) is 26.3 Å². The lowest BCUT2D eigenvalue weighted by Gasteiger charge is -2.16. The Balaban J connectivity index is 1.33. The van der Waals surface area contributed by atoms with E-state index in [-0.39, 0.29) is 11.9 Å². The summed E-state index contributed by atoms with van der Waals surface area (Å²) in [6.07, 6.45) is 1.17. The van der Waals surface area contributed by atoms with Gasteiger partial charge in [0.15, 0.2) is 17.3 Å². The molecule has 0 aliphatic carbocycles. The van der Waals surface area contributed by atoms with Gasteiger partial charge in [0, 0.05) is 30.2 Å². The standard InChI is InChI=1S/C23H25ClN4O3/c1-30-20-8-3-15(11-21(20)31-2)12-23(29)25-18-9-10-28(14-18)22-13-19(26-27-22)16-4-6-17(24)7-5-16/h3-8,11,13,18H,9-10,12,14H2,1-2H3,(H,25,29)(H,26,27)/t18-/m1/s1. The monoisotopic (exact) mass is 440 g/mol. The number of rotatable bonds is 7. The number of carbonyl (C=O) groups is 1. The molecule has 0 bridgehead atoms. The van der Waals surface area contributed by atoms with Gasteiger partial charge in [0.25, 0.3) is 0 Å². The van der Waals surface area contributed by atoms with Crippen LogP contribution in [-0.2, 0) is 11.2 Å². The molecule has 8 heteroatoms. The first-order chi connectivity index (χ1) is 15.1. The molecule has 31 heavy (non-hydrogen) atoms. The number of halogens is 1. The second-order valence-electron chi connectivity index (χ2n) is 7.51. The first-order valence-corrected chi connectivity index (χ1v) is 10.5. The molecule has 1 aromatic heterocycles. The van der Waals surface area contributed by atoms with Crippen LogP contribution in [0.25, 0.3) is 11.3 Å². The van der Waals surface area contributed by atoms with Gasteiger partial charge in [-0.25, -0.2) is 0 Å². The van der Waals surface area contributed by atoms with E-state index in [9.17, 15) is 4.79 Å². The molecule has 0 saturated carbocycles. The molecule has 2 N–H and O–H groups in total. The highest BCUT2D eigenvalue weighted by molar-refractivity contribution is 6.30. The number of aromatic amines is 1. The number of H-pyrrole nitrogens is 1. The van der Waals surface area contributed by atoms with E-state index in [1.807, 2.05) is 48.5 Å². The minimum absolute atomic E-state index is 0.0112. The van der Waals surface area contributed by atoms with Gasteiger partial charge in [0.2, 0.25) is 5.91 Å². The average Bonchev–Trinajstić information content (AvgIpc) is 3.44. The molecule has 7 nitrogen and oxygen atoms in total. The number of aromatic nitrogens is 2. The largest absolute Gasteiger partial charge is 0.493 e. The average molecular weight is 441 g/mol. The maximum absolute atomic E-state index is 12.5. The lowest BCUT2D eigenvalue weighted by atomic mass is 10.1. The highest BCUT2D eigenvalue weighted by atomic mass is 35.5. The summed E-state index contributed by atoms with van der Waals surface area (Å²) in [5, 5.41) is 11.4. The Bertz CT molecular complexity index is 1050. The summed E-state index contributed by atoms with van der Waals surface area (Å²) in [4.78, 5) is 14.7. The number of anilines is 1. The first-order valence-electron chi connectivity index (χ1n) is 10.1. The Labute approximate surface area is 186 Å². The third-order valence-corrected chi connectivity index (χ3v) is 5.66. The van der Waals surface area contributed by atoms with Gasteiger partial charge in [-0.1, -0.05) is 29.8 Å². The zero-order chi connectivity index (χ0) is 21.8. The van der Waals surface area contributed by atoms with Crippen molar-refractivity contribution < 1.29 is 14.3 Å². The number of ether oxygens (including phenoxy) is 2. The highest BCUT2D eigenvalue weighted by Gasteiger charge is 2.25. The lowest BCUT2D eigenvalue weighted by Crippen LogP contribution is -2.38. The van der Waals surface area contributed by atoms with Crippen molar-refractivity contribution in [3.05, 3.63) is 59.1 Å². The van der Waals surface area contributed by atoms with Gasteiger partial charge in [-0.15, -0.1) is 0 Å². The van der Waals surface area contributed by atoms with Crippen molar-refractivity contribution in [2.45, 2.75) is 18.9 Å². The van der Waals surface area contributed by atoms with E-state index in [0.717, 1.165) is 42.1 Å². The minimum Gasteiger partial charge on any atom is -0.493 e. The molecule has 1 aliphatic rings. The molecular weight excluding hydrogens is 416 g/mol. The number of carbonyl (C=O) groups excluding carboxylic acids is 1. The maximum atomic E-state index is 12.5. The summed E-state index contributed by atoms with van der Waals surface area (Å²) < 4.78 is 10.6. The molecule has 1 aliphatic heterocycles. The molecule has 0 unspecified atom stereocenters. The van der Waals surface area contributed by atoms with Gasteiger partial charge >= 0.3 is 0 Å². The number of hydrogen-bond acceptors (Lipinski definition) is 5. The Morgan fingerprint density at radius 1 is 1.16 bits per heavy atom. The Kier molecular flexibility index (Phi) is 6.32. The fourth-order valence-electron chi connectivity index (χ4n) is 3.79. The van der Waals surface area contributed by atoms with Crippen molar-refractivity contribution in [2.75, 3.05) is 32.2 Å². The van der Waals surface area contributed by atoms with E-state index in [1.165, 1.54) is 0 Å². The van der Waals surface area contributed by atoms with Crippen LogP contribution < -0.4 is 19.7 Å². The Hall–Kier alpha value is -3.19. The van der Waals surface area contributed by atoms with E-state index < -0.39 is 0 Å². The van der Waals surface area contributed by atoms with Crippen LogP contribution in [0.4, 0.5) is 5.82 Å². The lowest BCUT2D eigenvalue weighted by molar-refractivity contribution is -0.121. The van der Waals surface area contributed by atoms with Crippen molar-refractivity contribution in [3.8, 4) is 22.8 Å². The molecular formula is C23H25ClN4O3. The second kappa shape index (κ2) is 9.31. The van der Waals surface area contributed by atoms with Crippen molar-refractivity contribution in [3.63, 3.8) is 0 Å². The number of methoxy groups -OCH3 is 2. The molecule has 0 radical (unpaired) electrons. The number of hydrogen-bond donors (Lipinski definition) is 2. The predicted molar refractivity (Wildman–Crippen MR) is 121 cm³/mol. The molecule has 1 amide bonds. The van der Waals surface area contributed by atoms with E-state index in [0.29, 0.717) is 22.9 Å². The Morgan fingerprint density at radius 3 is 2.68 bits per heavy atom. The number of nitrogens with zero attached hydrogens (tertiary/aromatic N) is 2. The zero-order valence-electron chi connectivity index (χ0n) is 17.5. The SMILES string of the molecule is COc1ccc(CC(=O)N[C@@H]2CCN(c3cc(-c4ccc(Cl)cc4)[nH]n3)C2)cc1OC. The predicted octanol–water partition coefficient (Wildman–Crippen LogP) is 3.68. The van der Waals surface area contributed by atoms with Crippen LogP contribution in [0.15, 0.2) is 48.5 Å². The van der Waals surface area contributed by atoms with Gasteiger partial charge in [-0.3, -0.25) is 9.89 Å². The van der Waals surface area contributed by atoms with E-state index >= 15 is 0 Å². The summed E-state index contributed by atoms with van der Waals surface area (Å²) in [6, 6.07) is 15.3. The number of nitrogens with one attached hydrogen (secondary N) is 2. The molecule has 1 saturated heterocycles. The van der Waals surface area contributed by atoms with Crippen molar-refractivity contribution in [1.82, 2.24) is 15.5 Å². The van der Waals surface area contributed by atoms with Crippen LogP contribution in [0, 0.1) is 0 Å². The van der Waals surface area contributed by atoms with Crippen molar-refractivity contribution >= 4 is 23.3 Å². The molecule has 3 aromatic rings. The number of amides is 1. The van der Waals surface area contributed by atoms with E-state index in [4.69, 9.17) is 21.1 Å².